The minimum absolute atomic E-state index is 0.234. The van der Waals surface area contributed by atoms with Gasteiger partial charge in [-0.15, -0.1) is 13.2 Å². The highest BCUT2D eigenvalue weighted by Crippen LogP contribution is 2.30. The summed E-state index contributed by atoms with van der Waals surface area (Å²) in [6.45, 7) is 1.96. The van der Waals surface area contributed by atoms with E-state index in [-0.39, 0.29) is 11.8 Å². The van der Waals surface area contributed by atoms with Gasteiger partial charge in [-0.25, -0.2) is 0 Å². The van der Waals surface area contributed by atoms with E-state index in [1.807, 2.05) is 13.0 Å². The van der Waals surface area contributed by atoms with Gasteiger partial charge in [0.25, 0.3) is 0 Å². The fraction of sp³-hybridized carbons (Fsp3) is 0.333. The third-order valence-corrected chi connectivity index (χ3v) is 3.13. The number of aryl methyl sites for hydroxylation is 1. The molecule has 21 heavy (non-hydrogen) atoms. The van der Waals surface area contributed by atoms with Crippen molar-refractivity contribution in [3.05, 3.63) is 53.5 Å². The summed E-state index contributed by atoms with van der Waals surface area (Å²) in [6, 6.07) is 7.50. The molecule has 1 unspecified atom stereocenters. The van der Waals surface area contributed by atoms with Crippen LogP contribution in [0.15, 0.2) is 41.0 Å². The number of halogens is 3. The van der Waals surface area contributed by atoms with Gasteiger partial charge in [0.2, 0.25) is 0 Å². The molecule has 0 fully saturated rings. The lowest BCUT2D eigenvalue weighted by atomic mass is 9.98. The van der Waals surface area contributed by atoms with Gasteiger partial charge in [0.05, 0.1) is 12.3 Å². The predicted octanol–water partition coefficient (Wildman–Crippen LogP) is 4.05. The van der Waals surface area contributed by atoms with Crippen LogP contribution >= 0.6 is 0 Å². The Bertz CT molecular complexity index is 593. The molecule has 2 rings (SSSR count). The molecule has 1 aromatic carbocycles. The Morgan fingerprint density at radius 2 is 2.05 bits per heavy atom. The van der Waals surface area contributed by atoms with Crippen molar-refractivity contribution in [3.8, 4) is 5.75 Å². The Balaban J connectivity index is 2.33. The maximum atomic E-state index is 12.3. The van der Waals surface area contributed by atoms with Crippen LogP contribution < -0.4 is 10.1 Å². The van der Waals surface area contributed by atoms with Crippen molar-refractivity contribution in [2.24, 2.45) is 0 Å². The van der Waals surface area contributed by atoms with E-state index < -0.39 is 6.36 Å². The zero-order valence-electron chi connectivity index (χ0n) is 11.7. The molecule has 1 N–H and O–H groups in total. The molecule has 1 heterocycles. The monoisotopic (exact) mass is 299 g/mol. The van der Waals surface area contributed by atoms with Crippen LogP contribution in [-0.4, -0.2) is 13.4 Å². The lowest BCUT2D eigenvalue weighted by molar-refractivity contribution is -0.274. The molecule has 0 bridgehead atoms. The van der Waals surface area contributed by atoms with Crippen molar-refractivity contribution in [2.75, 3.05) is 7.05 Å². The van der Waals surface area contributed by atoms with E-state index in [1.54, 1.807) is 19.4 Å². The summed E-state index contributed by atoms with van der Waals surface area (Å²) in [4.78, 5) is 0. The van der Waals surface area contributed by atoms with Crippen LogP contribution in [0.2, 0.25) is 0 Å². The SMILES string of the molecule is CCc1occc1C(NC)c1cccc(OC(F)(F)F)c1. The number of nitrogens with one attached hydrogen (secondary N) is 1. The summed E-state index contributed by atoms with van der Waals surface area (Å²) in [5.41, 5.74) is 1.58. The van der Waals surface area contributed by atoms with Gasteiger partial charge in [-0.1, -0.05) is 19.1 Å². The second kappa shape index (κ2) is 6.22. The number of hydrogen-bond donors (Lipinski definition) is 1. The lowest BCUT2D eigenvalue weighted by Crippen LogP contribution is -2.20. The van der Waals surface area contributed by atoms with Crippen molar-refractivity contribution in [3.63, 3.8) is 0 Å². The number of ether oxygens (including phenoxy) is 1. The van der Waals surface area contributed by atoms with Crippen LogP contribution in [0.5, 0.6) is 5.75 Å². The van der Waals surface area contributed by atoms with Gasteiger partial charge in [-0.2, -0.15) is 0 Å². The second-order valence-corrected chi connectivity index (χ2v) is 4.49. The second-order valence-electron chi connectivity index (χ2n) is 4.49. The van der Waals surface area contributed by atoms with Crippen LogP contribution in [0.3, 0.4) is 0 Å². The topological polar surface area (TPSA) is 34.4 Å². The fourth-order valence-corrected chi connectivity index (χ4v) is 2.29. The fourth-order valence-electron chi connectivity index (χ4n) is 2.29. The van der Waals surface area contributed by atoms with Gasteiger partial charge in [0.1, 0.15) is 11.5 Å². The normalized spacial score (nSPS) is 13.2. The minimum Gasteiger partial charge on any atom is -0.469 e. The highest BCUT2D eigenvalue weighted by atomic mass is 19.4. The first kappa shape index (κ1) is 15.4. The number of benzene rings is 1. The molecule has 3 nitrogen and oxygen atoms in total. The standard InChI is InChI=1S/C15H16F3NO2/c1-3-13-12(7-8-20-13)14(19-2)10-5-4-6-11(9-10)21-15(16,17)18/h4-9,14,19H,3H2,1-2H3. The number of alkyl halides is 3. The van der Waals surface area contributed by atoms with Gasteiger partial charge < -0.3 is 14.5 Å². The quantitative estimate of drug-likeness (QED) is 0.904. The van der Waals surface area contributed by atoms with Crippen LogP contribution in [0.1, 0.15) is 29.9 Å². The summed E-state index contributed by atoms with van der Waals surface area (Å²) in [7, 11) is 1.74. The van der Waals surface area contributed by atoms with E-state index in [0.29, 0.717) is 12.0 Å². The molecular formula is C15H16F3NO2. The van der Waals surface area contributed by atoms with E-state index in [0.717, 1.165) is 11.3 Å². The molecule has 1 atom stereocenters. The maximum Gasteiger partial charge on any atom is 0.573 e. The molecule has 0 aliphatic heterocycles. The van der Waals surface area contributed by atoms with E-state index in [2.05, 4.69) is 10.1 Å². The number of furan rings is 1. The van der Waals surface area contributed by atoms with Crippen molar-refractivity contribution in [1.82, 2.24) is 5.32 Å². The molecule has 2 aromatic rings. The van der Waals surface area contributed by atoms with Crippen LogP contribution in [0.25, 0.3) is 0 Å². The molecule has 0 spiro atoms. The molecule has 0 radical (unpaired) electrons. The number of hydrogen-bond acceptors (Lipinski definition) is 3. The Morgan fingerprint density at radius 1 is 1.29 bits per heavy atom. The summed E-state index contributed by atoms with van der Waals surface area (Å²) < 4.78 is 46.2. The first-order valence-electron chi connectivity index (χ1n) is 6.54. The molecule has 6 heteroatoms. The number of rotatable bonds is 5. The summed E-state index contributed by atoms with van der Waals surface area (Å²) in [5, 5.41) is 3.09. The molecule has 0 saturated heterocycles. The van der Waals surface area contributed by atoms with Crippen LogP contribution in [0.4, 0.5) is 13.2 Å². The minimum atomic E-state index is -4.70. The predicted molar refractivity (Wildman–Crippen MR) is 72.1 cm³/mol. The summed E-state index contributed by atoms with van der Waals surface area (Å²) in [6.07, 6.45) is -2.41. The van der Waals surface area contributed by atoms with Crippen LogP contribution in [-0.2, 0) is 6.42 Å². The van der Waals surface area contributed by atoms with E-state index in [1.165, 1.54) is 18.2 Å². The molecule has 0 saturated carbocycles. The van der Waals surface area contributed by atoms with Gasteiger partial charge in [0, 0.05) is 12.0 Å². The van der Waals surface area contributed by atoms with Crippen LogP contribution in [0, 0.1) is 0 Å². The first-order chi connectivity index (χ1) is 9.94. The third kappa shape index (κ3) is 3.78. The highest BCUT2D eigenvalue weighted by Gasteiger charge is 2.31. The Hall–Kier alpha value is -1.95. The molecule has 0 aliphatic rings. The highest BCUT2D eigenvalue weighted by molar-refractivity contribution is 5.37. The zero-order valence-corrected chi connectivity index (χ0v) is 11.7. The summed E-state index contributed by atoms with van der Waals surface area (Å²) in [5.74, 6) is 0.568. The average Bonchev–Trinajstić information content (AvgIpc) is 2.86. The Labute approximate surface area is 120 Å². The molecule has 114 valence electrons. The summed E-state index contributed by atoms with van der Waals surface area (Å²) >= 11 is 0. The van der Waals surface area contributed by atoms with Gasteiger partial charge >= 0.3 is 6.36 Å². The van der Waals surface area contributed by atoms with Crippen molar-refractivity contribution in [1.29, 1.82) is 0 Å². The molecule has 1 aromatic heterocycles. The van der Waals surface area contributed by atoms with Crippen molar-refractivity contribution >= 4 is 0 Å². The average molecular weight is 299 g/mol. The largest absolute Gasteiger partial charge is 0.573 e. The third-order valence-electron chi connectivity index (χ3n) is 3.13. The van der Waals surface area contributed by atoms with Crippen molar-refractivity contribution in [2.45, 2.75) is 25.7 Å². The lowest BCUT2D eigenvalue weighted by Gasteiger charge is -2.18. The van der Waals surface area contributed by atoms with Gasteiger partial charge in [0.15, 0.2) is 0 Å². The Kier molecular flexibility index (Phi) is 4.57. The smallest absolute Gasteiger partial charge is 0.469 e. The van der Waals surface area contributed by atoms with E-state index in [9.17, 15) is 13.2 Å². The molecular weight excluding hydrogens is 283 g/mol. The molecule has 0 amide bonds. The Morgan fingerprint density at radius 3 is 2.67 bits per heavy atom. The van der Waals surface area contributed by atoms with E-state index in [4.69, 9.17) is 4.42 Å². The van der Waals surface area contributed by atoms with Gasteiger partial charge in [-0.05, 0) is 30.8 Å². The zero-order chi connectivity index (χ0) is 15.5. The maximum absolute atomic E-state index is 12.3. The first-order valence-corrected chi connectivity index (χ1v) is 6.54. The van der Waals surface area contributed by atoms with E-state index >= 15 is 0 Å². The van der Waals surface area contributed by atoms with Gasteiger partial charge in [-0.3, -0.25) is 0 Å². The van der Waals surface area contributed by atoms with Crippen molar-refractivity contribution < 1.29 is 22.3 Å². The molecule has 0 aliphatic carbocycles.